The van der Waals surface area contributed by atoms with E-state index in [1.54, 1.807) is 0 Å². The first-order valence-electron chi connectivity index (χ1n) is 6.77. The Labute approximate surface area is 123 Å². The van der Waals surface area contributed by atoms with E-state index in [2.05, 4.69) is 9.71 Å². The fourth-order valence-corrected chi connectivity index (χ4v) is 3.87. The second-order valence-corrected chi connectivity index (χ2v) is 6.83. The molecule has 1 aromatic heterocycles. The average Bonchev–Trinajstić information content (AvgIpc) is 2.99. The summed E-state index contributed by atoms with van der Waals surface area (Å²) in [6.07, 6.45) is 5.08. The van der Waals surface area contributed by atoms with Gasteiger partial charge in [0.15, 0.2) is 6.20 Å². The van der Waals surface area contributed by atoms with Crippen molar-refractivity contribution in [1.82, 2.24) is 9.71 Å². The van der Waals surface area contributed by atoms with E-state index >= 15 is 0 Å². The number of aromatic nitrogens is 1. The van der Waals surface area contributed by atoms with Crippen molar-refractivity contribution < 1.29 is 13.3 Å². The van der Waals surface area contributed by atoms with Crippen LogP contribution >= 0.6 is 0 Å². The Morgan fingerprint density at radius 2 is 2.10 bits per heavy atom. The molecule has 8 nitrogen and oxygen atoms in total. The molecule has 1 unspecified atom stereocenters. The second-order valence-electron chi connectivity index (χ2n) is 5.12. The molecule has 0 bridgehead atoms. The van der Waals surface area contributed by atoms with Crippen molar-refractivity contribution in [2.75, 3.05) is 6.54 Å². The summed E-state index contributed by atoms with van der Waals surface area (Å²) in [7, 11) is -3.77. The van der Waals surface area contributed by atoms with E-state index in [0.717, 1.165) is 37.9 Å². The molecule has 0 spiro atoms. The number of hydrogen-bond acceptors (Lipinski definition) is 6. The van der Waals surface area contributed by atoms with E-state index < -0.39 is 14.9 Å². The highest BCUT2D eigenvalue weighted by Crippen LogP contribution is 2.28. The number of pyridine rings is 1. The SMILES string of the molecule is NCC(NS(=O)(=O)c1ccc([N+](=O)[O-])nc1)C1CCCC1. The van der Waals surface area contributed by atoms with Gasteiger partial charge in [-0.3, -0.25) is 0 Å². The molecule has 0 aromatic carbocycles. The minimum absolute atomic E-state index is 0.0930. The van der Waals surface area contributed by atoms with E-state index in [1.807, 2.05) is 0 Å². The van der Waals surface area contributed by atoms with Gasteiger partial charge in [-0.1, -0.05) is 12.8 Å². The molecule has 1 aliphatic carbocycles. The van der Waals surface area contributed by atoms with E-state index in [1.165, 1.54) is 6.07 Å². The Balaban J connectivity index is 2.14. The molecule has 1 fully saturated rings. The molecule has 1 aliphatic rings. The fraction of sp³-hybridized carbons (Fsp3) is 0.583. The lowest BCUT2D eigenvalue weighted by molar-refractivity contribution is -0.389. The first-order valence-corrected chi connectivity index (χ1v) is 8.25. The smallest absolute Gasteiger partial charge is 0.358 e. The van der Waals surface area contributed by atoms with Gasteiger partial charge in [-0.05, 0) is 34.7 Å². The van der Waals surface area contributed by atoms with Crippen molar-refractivity contribution in [3.8, 4) is 0 Å². The van der Waals surface area contributed by atoms with Gasteiger partial charge < -0.3 is 15.8 Å². The lowest BCUT2D eigenvalue weighted by Crippen LogP contribution is -2.44. The summed E-state index contributed by atoms with van der Waals surface area (Å²) in [5.41, 5.74) is 5.67. The predicted molar refractivity (Wildman–Crippen MR) is 76.0 cm³/mol. The number of nitrogens with one attached hydrogen (secondary N) is 1. The van der Waals surface area contributed by atoms with Crippen LogP contribution in [0.25, 0.3) is 0 Å². The van der Waals surface area contributed by atoms with Gasteiger partial charge in [-0.2, -0.15) is 0 Å². The number of rotatable bonds is 6. The van der Waals surface area contributed by atoms with Crippen molar-refractivity contribution in [3.63, 3.8) is 0 Å². The lowest BCUT2D eigenvalue weighted by atomic mass is 9.99. The summed E-state index contributed by atoms with van der Waals surface area (Å²) in [6.45, 7) is 0.226. The van der Waals surface area contributed by atoms with Gasteiger partial charge in [0.05, 0.1) is 0 Å². The van der Waals surface area contributed by atoms with Crippen molar-refractivity contribution in [1.29, 1.82) is 0 Å². The molecule has 0 aliphatic heterocycles. The maximum Gasteiger partial charge on any atom is 0.363 e. The topological polar surface area (TPSA) is 128 Å². The number of sulfonamides is 1. The van der Waals surface area contributed by atoms with Crippen molar-refractivity contribution in [2.45, 2.75) is 36.6 Å². The largest absolute Gasteiger partial charge is 0.363 e. The van der Waals surface area contributed by atoms with Gasteiger partial charge >= 0.3 is 5.82 Å². The van der Waals surface area contributed by atoms with E-state index in [9.17, 15) is 18.5 Å². The van der Waals surface area contributed by atoms with Crippen LogP contribution in [0.1, 0.15) is 25.7 Å². The zero-order chi connectivity index (χ0) is 15.5. The van der Waals surface area contributed by atoms with Gasteiger partial charge in [0.1, 0.15) is 4.90 Å². The molecule has 1 atom stereocenters. The summed E-state index contributed by atoms with van der Waals surface area (Å²) in [5, 5.41) is 10.5. The van der Waals surface area contributed by atoms with Gasteiger partial charge in [0.25, 0.3) is 0 Å². The molecule has 3 N–H and O–H groups in total. The molecule has 0 amide bonds. The average molecular weight is 314 g/mol. The highest BCUT2D eigenvalue weighted by atomic mass is 32.2. The third kappa shape index (κ3) is 3.74. The van der Waals surface area contributed by atoms with Crippen molar-refractivity contribution in [2.24, 2.45) is 11.7 Å². The molecule has 1 aromatic rings. The summed E-state index contributed by atoms with van der Waals surface area (Å²) < 4.78 is 27.1. The zero-order valence-corrected chi connectivity index (χ0v) is 12.3. The second kappa shape index (κ2) is 6.46. The van der Waals surface area contributed by atoms with Gasteiger partial charge in [0, 0.05) is 18.7 Å². The lowest BCUT2D eigenvalue weighted by Gasteiger charge is -2.22. The van der Waals surface area contributed by atoms with Gasteiger partial charge in [-0.25, -0.2) is 13.1 Å². The van der Waals surface area contributed by atoms with Crippen LogP contribution in [0.2, 0.25) is 0 Å². The Kier molecular flexibility index (Phi) is 4.86. The van der Waals surface area contributed by atoms with E-state index in [0.29, 0.717) is 0 Å². The Hall–Kier alpha value is -1.58. The molecule has 21 heavy (non-hydrogen) atoms. The minimum atomic E-state index is -3.77. The molecular weight excluding hydrogens is 296 g/mol. The third-order valence-electron chi connectivity index (χ3n) is 3.75. The number of nitrogens with two attached hydrogens (primary N) is 1. The van der Waals surface area contributed by atoms with Crippen LogP contribution in [0.4, 0.5) is 5.82 Å². The normalized spacial score (nSPS) is 17.8. The molecule has 0 radical (unpaired) electrons. The molecule has 2 rings (SSSR count). The van der Waals surface area contributed by atoms with Crippen LogP contribution in [0.3, 0.4) is 0 Å². The summed E-state index contributed by atoms with van der Waals surface area (Å²) in [6, 6.07) is 1.93. The maximum absolute atomic E-state index is 12.3. The van der Waals surface area contributed by atoms with Crippen LogP contribution in [0, 0.1) is 16.0 Å². The Morgan fingerprint density at radius 3 is 2.57 bits per heavy atom. The first-order chi connectivity index (χ1) is 9.94. The Bertz CT molecular complexity index is 596. The third-order valence-corrected chi connectivity index (χ3v) is 5.22. The van der Waals surface area contributed by atoms with Crippen LogP contribution in [-0.2, 0) is 10.0 Å². The Morgan fingerprint density at radius 1 is 1.43 bits per heavy atom. The predicted octanol–water partition coefficient (Wildman–Crippen LogP) is 0.786. The number of nitrogens with zero attached hydrogens (tertiary/aromatic N) is 2. The van der Waals surface area contributed by atoms with Crippen LogP contribution in [0.5, 0.6) is 0 Å². The molecule has 0 saturated heterocycles. The number of nitro groups is 1. The van der Waals surface area contributed by atoms with Crippen LogP contribution in [0.15, 0.2) is 23.2 Å². The monoisotopic (exact) mass is 314 g/mol. The quantitative estimate of drug-likeness (QED) is 0.590. The molecular formula is C12H18N4O4S. The molecule has 1 saturated carbocycles. The highest BCUT2D eigenvalue weighted by Gasteiger charge is 2.29. The van der Waals surface area contributed by atoms with Crippen LogP contribution < -0.4 is 10.5 Å². The maximum atomic E-state index is 12.3. The van der Waals surface area contributed by atoms with Crippen molar-refractivity contribution >= 4 is 15.8 Å². The summed E-state index contributed by atoms with van der Waals surface area (Å²) >= 11 is 0. The summed E-state index contributed by atoms with van der Waals surface area (Å²) in [4.78, 5) is 13.3. The highest BCUT2D eigenvalue weighted by molar-refractivity contribution is 7.89. The fourth-order valence-electron chi connectivity index (χ4n) is 2.60. The van der Waals surface area contributed by atoms with Gasteiger partial charge in [-0.15, -0.1) is 0 Å². The zero-order valence-electron chi connectivity index (χ0n) is 11.4. The molecule has 116 valence electrons. The summed E-state index contributed by atoms with van der Waals surface area (Å²) in [5.74, 6) is -0.143. The standard InChI is InChI=1S/C12H18N4O4S/c13-7-11(9-3-1-2-4-9)15-21(19,20)10-5-6-12(14-8-10)16(17)18/h5-6,8-9,11,15H,1-4,7,13H2. The van der Waals surface area contributed by atoms with E-state index in [-0.39, 0.29) is 29.2 Å². The van der Waals surface area contributed by atoms with Gasteiger partial charge in [0.2, 0.25) is 10.0 Å². The number of hydrogen-bond donors (Lipinski definition) is 2. The molecule has 1 heterocycles. The first kappa shape index (κ1) is 15.8. The van der Waals surface area contributed by atoms with Crippen molar-refractivity contribution in [3.05, 3.63) is 28.4 Å². The van der Waals surface area contributed by atoms with Crippen LogP contribution in [-0.4, -0.2) is 30.9 Å². The minimum Gasteiger partial charge on any atom is -0.358 e. The molecule has 9 heteroatoms. The van der Waals surface area contributed by atoms with E-state index in [4.69, 9.17) is 5.73 Å².